The van der Waals surface area contributed by atoms with Crippen LogP contribution in [0.5, 0.6) is 5.75 Å². The summed E-state index contributed by atoms with van der Waals surface area (Å²) in [5.74, 6) is 0.910. The Morgan fingerprint density at radius 3 is 2.41 bits per heavy atom. The van der Waals surface area contributed by atoms with Crippen molar-refractivity contribution in [1.29, 1.82) is 0 Å². The summed E-state index contributed by atoms with van der Waals surface area (Å²) in [6.45, 7) is 5.24. The number of para-hydroxylation sites is 1. The molecule has 0 atom stereocenters. The second-order valence-corrected chi connectivity index (χ2v) is 9.02. The van der Waals surface area contributed by atoms with Gasteiger partial charge >= 0.3 is 0 Å². The Morgan fingerprint density at radius 2 is 1.68 bits per heavy atom. The second-order valence-electron chi connectivity index (χ2n) is 9.02. The molecule has 2 aromatic heterocycles. The van der Waals surface area contributed by atoms with Gasteiger partial charge in [0.2, 0.25) is 5.91 Å². The van der Waals surface area contributed by atoms with Crippen molar-refractivity contribution in [3.63, 3.8) is 0 Å². The van der Waals surface area contributed by atoms with Gasteiger partial charge in [-0.25, -0.2) is 0 Å². The highest BCUT2D eigenvalue weighted by Gasteiger charge is 2.20. The van der Waals surface area contributed by atoms with Crippen molar-refractivity contribution in [1.82, 2.24) is 24.6 Å². The zero-order valence-electron chi connectivity index (χ0n) is 20.8. The monoisotopic (exact) mass is 493 g/mol. The molecule has 188 valence electrons. The molecular formula is C30H31N5O2. The fraction of sp³-hybridized carbons (Fsp3) is 0.233. The average molecular weight is 494 g/mol. The average Bonchev–Trinajstić information content (AvgIpc) is 3.36. The summed E-state index contributed by atoms with van der Waals surface area (Å²) in [4.78, 5) is 21.5. The molecule has 1 amide bonds. The molecule has 1 aliphatic heterocycles. The van der Waals surface area contributed by atoms with Crippen molar-refractivity contribution >= 4 is 12.0 Å². The summed E-state index contributed by atoms with van der Waals surface area (Å²) >= 11 is 0. The molecule has 5 rings (SSSR count). The van der Waals surface area contributed by atoms with Gasteiger partial charge in [-0.15, -0.1) is 0 Å². The Bertz CT molecular complexity index is 1300. The standard InChI is InChI=1S/C30H31N5O2/c36-29(34-18-16-33(17-19-34)20-21-37-28-11-5-2-6-12-28)14-13-27-24-35(23-25-8-3-1-4-9-25)32-30(27)26-10-7-15-31-22-26/h1-15,22,24H,16-21,23H2/b14-13+. The molecule has 0 unspecified atom stereocenters. The summed E-state index contributed by atoms with van der Waals surface area (Å²) in [5.41, 5.74) is 3.81. The predicted molar refractivity (Wildman–Crippen MR) is 145 cm³/mol. The summed E-state index contributed by atoms with van der Waals surface area (Å²) < 4.78 is 7.73. The number of carbonyl (C=O) groups excluding carboxylic acids is 1. The van der Waals surface area contributed by atoms with Crippen LogP contribution in [-0.4, -0.2) is 69.8 Å². The minimum absolute atomic E-state index is 0.0214. The first kappa shape index (κ1) is 24.5. The Balaban J connectivity index is 1.19. The Morgan fingerprint density at radius 1 is 0.919 bits per heavy atom. The number of ether oxygens (including phenoxy) is 1. The van der Waals surface area contributed by atoms with Gasteiger partial charge in [-0.2, -0.15) is 5.10 Å². The van der Waals surface area contributed by atoms with E-state index in [1.807, 2.05) is 82.5 Å². The lowest BCUT2D eigenvalue weighted by atomic mass is 10.1. The Labute approximate surface area is 217 Å². The molecule has 3 heterocycles. The van der Waals surface area contributed by atoms with Gasteiger partial charge in [0.05, 0.1) is 6.54 Å². The molecule has 1 saturated heterocycles. The number of benzene rings is 2. The van der Waals surface area contributed by atoms with Crippen LogP contribution >= 0.6 is 0 Å². The van der Waals surface area contributed by atoms with Crippen LogP contribution in [0.4, 0.5) is 0 Å². The molecule has 2 aromatic carbocycles. The van der Waals surface area contributed by atoms with Gasteiger partial charge in [-0.05, 0) is 35.9 Å². The third-order valence-corrected chi connectivity index (χ3v) is 6.42. The van der Waals surface area contributed by atoms with E-state index < -0.39 is 0 Å². The third-order valence-electron chi connectivity index (χ3n) is 6.42. The molecule has 0 radical (unpaired) electrons. The van der Waals surface area contributed by atoms with Gasteiger partial charge in [-0.3, -0.25) is 19.4 Å². The van der Waals surface area contributed by atoms with Gasteiger partial charge in [-0.1, -0.05) is 48.5 Å². The molecule has 7 heteroatoms. The van der Waals surface area contributed by atoms with E-state index in [2.05, 4.69) is 22.0 Å². The second kappa shape index (κ2) is 12.1. The van der Waals surface area contributed by atoms with E-state index in [4.69, 9.17) is 9.84 Å². The lowest BCUT2D eigenvalue weighted by Crippen LogP contribution is -2.49. The predicted octanol–water partition coefficient (Wildman–Crippen LogP) is 4.23. The molecule has 0 spiro atoms. The van der Waals surface area contributed by atoms with Crippen LogP contribution in [0.3, 0.4) is 0 Å². The van der Waals surface area contributed by atoms with E-state index in [-0.39, 0.29) is 5.91 Å². The van der Waals surface area contributed by atoms with Crippen LogP contribution in [0.25, 0.3) is 17.3 Å². The lowest BCUT2D eigenvalue weighted by molar-refractivity contribution is -0.127. The van der Waals surface area contributed by atoms with E-state index >= 15 is 0 Å². The molecule has 0 saturated carbocycles. The van der Waals surface area contributed by atoms with Crippen molar-refractivity contribution in [3.8, 4) is 17.0 Å². The molecular weight excluding hydrogens is 462 g/mol. The minimum atomic E-state index is 0.0214. The van der Waals surface area contributed by atoms with Crippen molar-refractivity contribution < 1.29 is 9.53 Å². The van der Waals surface area contributed by atoms with Crippen molar-refractivity contribution in [3.05, 3.63) is 109 Å². The maximum atomic E-state index is 13.0. The van der Waals surface area contributed by atoms with E-state index in [9.17, 15) is 4.79 Å². The highest BCUT2D eigenvalue weighted by atomic mass is 16.5. The molecule has 0 aliphatic carbocycles. The summed E-state index contributed by atoms with van der Waals surface area (Å²) in [5, 5.41) is 4.81. The largest absolute Gasteiger partial charge is 0.492 e. The number of hydrogen-bond acceptors (Lipinski definition) is 5. The topological polar surface area (TPSA) is 63.5 Å². The number of piperazine rings is 1. The number of amides is 1. The minimum Gasteiger partial charge on any atom is -0.492 e. The molecule has 4 aromatic rings. The Hall–Kier alpha value is -4.23. The maximum Gasteiger partial charge on any atom is 0.246 e. The van der Waals surface area contributed by atoms with Gasteiger partial charge < -0.3 is 9.64 Å². The maximum absolute atomic E-state index is 13.0. The van der Waals surface area contributed by atoms with Crippen molar-refractivity contribution in [2.75, 3.05) is 39.3 Å². The molecule has 0 bridgehead atoms. The van der Waals surface area contributed by atoms with Crippen molar-refractivity contribution in [2.45, 2.75) is 6.54 Å². The molecule has 1 aliphatic rings. The number of hydrogen-bond donors (Lipinski definition) is 0. The Kier molecular flexibility index (Phi) is 8.03. The third kappa shape index (κ3) is 6.71. The van der Waals surface area contributed by atoms with Crippen LogP contribution in [-0.2, 0) is 11.3 Å². The molecule has 7 nitrogen and oxygen atoms in total. The van der Waals surface area contributed by atoms with E-state index in [0.29, 0.717) is 26.2 Å². The van der Waals surface area contributed by atoms with E-state index in [1.54, 1.807) is 18.5 Å². The van der Waals surface area contributed by atoms with Crippen molar-refractivity contribution in [2.24, 2.45) is 0 Å². The van der Waals surface area contributed by atoms with Gasteiger partial charge in [0.1, 0.15) is 18.1 Å². The quantitative estimate of drug-likeness (QED) is 0.327. The number of pyridine rings is 1. The zero-order chi connectivity index (χ0) is 25.3. The van der Waals surface area contributed by atoms with Crippen LogP contribution < -0.4 is 4.74 Å². The first-order valence-corrected chi connectivity index (χ1v) is 12.6. The lowest BCUT2D eigenvalue weighted by Gasteiger charge is -2.34. The van der Waals surface area contributed by atoms with Gasteiger partial charge in [0, 0.05) is 68.5 Å². The molecule has 1 fully saturated rings. The van der Waals surface area contributed by atoms with E-state index in [0.717, 1.165) is 42.2 Å². The van der Waals surface area contributed by atoms with Gasteiger partial charge in [0.15, 0.2) is 0 Å². The number of aromatic nitrogens is 3. The van der Waals surface area contributed by atoms with Crippen LogP contribution in [0.2, 0.25) is 0 Å². The zero-order valence-corrected chi connectivity index (χ0v) is 20.8. The number of rotatable bonds is 9. The first-order valence-electron chi connectivity index (χ1n) is 12.6. The molecule has 37 heavy (non-hydrogen) atoms. The summed E-state index contributed by atoms with van der Waals surface area (Å²) in [6.07, 6.45) is 9.08. The SMILES string of the molecule is O=C(/C=C/c1cn(Cc2ccccc2)nc1-c1cccnc1)N1CCN(CCOc2ccccc2)CC1. The van der Waals surface area contributed by atoms with Crippen LogP contribution in [0, 0.1) is 0 Å². The normalized spacial score (nSPS) is 14.2. The summed E-state index contributed by atoms with van der Waals surface area (Å²) in [6, 6.07) is 24.0. The highest BCUT2D eigenvalue weighted by molar-refractivity contribution is 5.92. The highest BCUT2D eigenvalue weighted by Crippen LogP contribution is 2.23. The fourth-order valence-corrected chi connectivity index (χ4v) is 4.41. The van der Waals surface area contributed by atoms with Crippen LogP contribution in [0.1, 0.15) is 11.1 Å². The number of nitrogens with zero attached hydrogens (tertiary/aromatic N) is 5. The summed E-state index contributed by atoms with van der Waals surface area (Å²) in [7, 11) is 0. The van der Waals surface area contributed by atoms with Crippen LogP contribution in [0.15, 0.2) is 97.5 Å². The smallest absolute Gasteiger partial charge is 0.246 e. The fourth-order valence-electron chi connectivity index (χ4n) is 4.41. The van der Waals surface area contributed by atoms with Gasteiger partial charge in [0.25, 0.3) is 0 Å². The van der Waals surface area contributed by atoms with E-state index in [1.165, 1.54) is 5.56 Å². The number of carbonyl (C=O) groups is 1. The first-order chi connectivity index (χ1) is 18.2. The molecule has 0 N–H and O–H groups in total.